The molecule has 2 fully saturated rings. The van der Waals surface area contributed by atoms with E-state index >= 15 is 0 Å². The van der Waals surface area contributed by atoms with Crippen molar-refractivity contribution in [2.24, 2.45) is 5.92 Å². The normalized spacial score (nSPS) is 24.2. The fourth-order valence-electron chi connectivity index (χ4n) is 3.91. The number of nitrogens with one attached hydrogen (secondary N) is 1. The van der Waals surface area contributed by atoms with Gasteiger partial charge < -0.3 is 20.1 Å². The van der Waals surface area contributed by atoms with Crippen LogP contribution in [-0.2, 0) is 9.53 Å². The molecule has 0 bridgehead atoms. The molecule has 0 unspecified atom stereocenters. The lowest BCUT2D eigenvalue weighted by atomic mass is 9.87. The molecule has 7 nitrogen and oxygen atoms in total. The fraction of sp³-hybridized carbons (Fsp3) is 0.579. The number of para-hydroxylation sites is 1. The van der Waals surface area contributed by atoms with Gasteiger partial charge in [0.05, 0.1) is 13.2 Å². The Morgan fingerprint density at radius 3 is 2.58 bits per heavy atom. The Balaban J connectivity index is 1.63. The van der Waals surface area contributed by atoms with E-state index in [1.165, 1.54) is 0 Å². The third-order valence-corrected chi connectivity index (χ3v) is 5.25. The Labute approximate surface area is 153 Å². The van der Waals surface area contributed by atoms with E-state index in [1.807, 2.05) is 35.2 Å². The second-order valence-electron chi connectivity index (χ2n) is 6.94. The molecule has 3 rings (SSSR count). The molecule has 2 N–H and O–H groups in total. The van der Waals surface area contributed by atoms with Gasteiger partial charge in [0.2, 0.25) is 0 Å². The quantitative estimate of drug-likeness (QED) is 0.839. The Kier molecular flexibility index (Phi) is 6.46. The van der Waals surface area contributed by atoms with Gasteiger partial charge in [-0.1, -0.05) is 18.2 Å². The van der Waals surface area contributed by atoms with Crippen molar-refractivity contribution < 1.29 is 19.4 Å². The van der Waals surface area contributed by atoms with Crippen molar-refractivity contribution in [2.75, 3.05) is 44.7 Å². The number of hydrogen-bond donors (Lipinski definition) is 2. The molecular weight excluding hydrogens is 334 g/mol. The minimum absolute atomic E-state index is 0.114. The van der Waals surface area contributed by atoms with Gasteiger partial charge in [-0.2, -0.15) is 0 Å². The maximum atomic E-state index is 12.6. The highest BCUT2D eigenvalue weighted by atomic mass is 16.5. The van der Waals surface area contributed by atoms with Crippen LogP contribution in [0.5, 0.6) is 0 Å². The summed E-state index contributed by atoms with van der Waals surface area (Å²) >= 11 is 0. The number of anilines is 1. The molecule has 2 aliphatic heterocycles. The zero-order valence-electron chi connectivity index (χ0n) is 15.0. The molecule has 2 aliphatic rings. The molecule has 1 aromatic carbocycles. The molecule has 2 saturated heterocycles. The minimum atomic E-state index is -0.781. The highest BCUT2D eigenvalue weighted by Gasteiger charge is 2.35. The van der Waals surface area contributed by atoms with E-state index < -0.39 is 5.97 Å². The SMILES string of the molecule is O=C(O)CC[C@@H]1CN(C(=O)Nc2ccccc2)CC[C@@H]1N1CCOCC1. The van der Waals surface area contributed by atoms with Gasteiger partial charge in [0.1, 0.15) is 0 Å². The minimum Gasteiger partial charge on any atom is -0.481 e. The molecule has 0 radical (unpaired) electrons. The summed E-state index contributed by atoms with van der Waals surface area (Å²) in [7, 11) is 0. The molecule has 0 aromatic heterocycles. The maximum Gasteiger partial charge on any atom is 0.321 e. The average molecular weight is 361 g/mol. The summed E-state index contributed by atoms with van der Waals surface area (Å²) in [6.45, 7) is 4.48. The summed E-state index contributed by atoms with van der Waals surface area (Å²) in [6, 6.07) is 9.61. The number of morpholine rings is 1. The number of ether oxygens (including phenoxy) is 1. The molecular formula is C19H27N3O4. The van der Waals surface area contributed by atoms with Crippen molar-refractivity contribution in [1.82, 2.24) is 9.80 Å². The van der Waals surface area contributed by atoms with E-state index in [2.05, 4.69) is 10.2 Å². The number of urea groups is 1. The first-order valence-electron chi connectivity index (χ1n) is 9.28. The second kappa shape index (κ2) is 9.00. The number of carbonyl (C=O) groups excluding carboxylic acids is 1. The van der Waals surface area contributed by atoms with Crippen LogP contribution in [0.4, 0.5) is 10.5 Å². The molecule has 7 heteroatoms. The number of amides is 2. The smallest absolute Gasteiger partial charge is 0.321 e. The Morgan fingerprint density at radius 1 is 1.15 bits per heavy atom. The van der Waals surface area contributed by atoms with Crippen LogP contribution < -0.4 is 5.32 Å². The number of carboxylic acids is 1. The highest BCUT2D eigenvalue weighted by molar-refractivity contribution is 5.89. The van der Waals surface area contributed by atoms with Gasteiger partial charge in [0, 0.05) is 44.3 Å². The van der Waals surface area contributed by atoms with E-state index in [4.69, 9.17) is 9.84 Å². The molecule has 0 spiro atoms. The topological polar surface area (TPSA) is 82.1 Å². The first-order valence-corrected chi connectivity index (χ1v) is 9.28. The Bertz CT molecular complexity index is 604. The van der Waals surface area contributed by atoms with Crippen molar-refractivity contribution in [3.8, 4) is 0 Å². The molecule has 142 valence electrons. The molecule has 0 saturated carbocycles. The fourth-order valence-corrected chi connectivity index (χ4v) is 3.91. The number of aliphatic carboxylic acids is 1. The van der Waals surface area contributed by atoms with Crippen LogP contribution >= 0.6 is 0 Å². The number of piperidine rings is 1. The van der Waals surface area contributed by atoms with Crippen molar-refractivity contribution in [3.05, 3.63) is 30.3 Å². The predicted molar refractivity (Wildman–Crippen MR) is 98.2 cm³/mol. The lowest BCUT2D eigenvalue weighted by molar-refractivity contribution is -0.137. The number of likely N-dealkylation sites (tertiary alicyclic amines) is 1. The predicted octanol–water partition coefficient (Wildman–Crippen LogP) is 2.11. The van der Waals surface area contributed by atoms with Crippen LogP contribution in [0.15, 0.2) is 30.3 Å². The van der Waals surface area contributed by atoms with Crippen molar-refractivity contribution in [1.29, 1.82) is 0 Å². The number of benzene rings is 1. The summed E-state index contributed by atoms with van der Waals surface area (Å²) in [5.41, 5.74) is 0.773. The standard InChI is InChI=1S/C19H27N3O4/c23-18(24)7-6-15-14-22(19(25)20-16-4-2-1-3-5-16)9-8-17(15)21-10-12-26-13-11-21/h1-5,15,17H,6-14H2,(H,20,25)(H,23,24)/t15-,17+/m1/s1. The summed E-state index contributed by atoms with van der Waals surface area (Å²) in [5.74, 6) is -0.615. The van der Waals surface area contributed by atoms with Crippen molar-refractivity contribution >= 4 is 17.7 Å². The number of carbonyl (C=O) groups is 2. The summed E-state index contributed by atoms with van der Waals surface area (Å²) < 4.78 is 5.44. The molecule has 26 heavy (non-hydrogen) atoms. The van der Waals surface area contributed by atoms with Gasteiger partial charge in [0.25, 0.3) is 0 Å². The van der Waals surface area contributed by atoms with E-state index in [0.717, 1.165) is 38.4 Å². The average Bonchev–Trinajstić information content (AvgIpc) is 2.67. The second-order valence-corrected chi connectivity index (χ2v) is 6.94. The van der Waals surface area contributed by atoms with Gasteiger partial charge >= 0.3 is 12.0 Å². The number of rotatable bonds is 5. The van der Waals surface area contributed by atoms with Gasteiger partial charge in [-0.05, 0) is 30.9 Å². The molecule has 0 aliphatic carbocycles. The molecule has 2 heterocycles. The van der Waals surface area contributed by atoms with Crippen LogP contribution in [0.25, 0.3) is 0 Å². The first kappa shape index (κ1) is 18.7. The van der Waals surface area contributed by atoms with Gasteiger partial charge in [-0.3, -0.25) is 9.69 Å². The lowest BCUT2D eigenvalue weighted by Crippen LogP contribution is -2.55. The first-order chi connectivity index (χ1) is 12.6. The Morgan fingerprint density at radius 2 is 1.88 bits per heavy atom. The Hall–Kier alpha value is -2.12. The largest absolute Gasteiger partial charge is 0.481 e. The van der Waals surface area contributed by atoms with E-state index in [-0.39, 0.29) is 18.4 Å². The summed E-state index contributed by atoms with van der Waals surface area (Å²) in [5, 5.41) is 12.0. The van der Waals surface area contributed by atoms with Crippen LogP contribution in [0.3, 0.4) is 0 Å². The monoisotopic (exact) mass is 361 g/mol. The van der Waals surface area contributed by atoms with Crippen LogP contribution in [0.1, 0.15) is 19.3 Å². The maximum absolute atomic E-state index is 12.6. The van der Waals surface area contributed by atoms with E-state index in [1.54, 1.807) is 0 Å². The lowest BCUT2D eigenvalue weighted by Gasteiger charge is -2.45. The molecule has 2 atom stereocenters. The van der Waals surface area contributed by atoms with Crippen molar-refractivity contribution in [3.63, 3.8) is 0 Å². The molecule has 2 amide bonds. The number of carboxylic acid groups (broad SMARTS) is 1. The van der Waals surface area contributed by atoms with E-state index in [0.29, 0.717) is 25.6 Å². The van der Waals surface area contributed by atoms with Crippen LogP contribution in [0.2, 0.25) is 0 Å². The van der Waals surface area contributed by atoms with Crippen molar-refractivity contribution in [2.45, 2.75) is 25.3 Å². The molecule has 1 aromatic rings. The number of nitrogens with zero attached hydrogens (tertiary/aromatic N) is 2. The zero-order valence-corrected chi connectivity index (χ0v) is 15.0. The summed E-state index contributed by atoms with van der Waals surface area (Å²) in [6.07, 6.45) is 1.60. The number of hydrogen-bond acceptors (Lipinski definition) is 4. The van der Waals surface area contributed by atoms with Gasteiger partial charge in [0.15, 0.2) is 0 Å². The van der Waals surface area contributed by atoms with Crippen LogP contribution in [-0.4, -0.2) is 72.3 Å². The van der Waals surface area contributed by atoms with Crippen LogP contribution in [0, 0.1) is 5.92 Å². The summed E-state index contributed by atoms with van der Waals surface area (Å²) in [4.78, 5) is 27.9. The van der Waals surface area contributed by atoms with E-state index in [9.17, 15) is 9.59 Å². The van der Waals surface area contributed by atoms with Gasteiger partial charge in [-0.25, -0.2) is 4.79 Å². The third-order valence-electron chi connectivity index (χ3n) is 5.25. The van der Waals surface area contributed by atoms with Gasteiger partial charge in [-0.15, -0.1) is 0 Å². The highest BCUT2D eigenvalue weighted by Crippen LogP contribution is 2.27. The third kappa shape index (κ3) is 4.95. The zero-order chi connectivity index (χ0) is 18.4.